The van der Waals surface area contributed by atoms with Gasteiger partial charge in [0.15, 0.2) is 16.7 Å². The summed E-state index contributed by atoms with van der Waals surface area (Å²) < 4.78 is 5.18. The van der Waals surface area contributed by atoms with Crippen LogP contribution >= 0.6 is 11.6 Å². The zero-order valence-electron chi connectivity index (χ0n) is 9.06. The normalized spacial score (nSPS) is 20.9. The van der Waals surface area contributed by atoms with E-state index in [0.29, 0.717) is 23.3 Å². The van der Waals surface area contributed by atoms with Crippen molar-refractivity contribution in [2.75, 3.05) is 25.1 Å². The molecule has 6 heteroatoms. The Bertz CT molecular complexity index is 375. The van der Waals surface area contributed by atoms with Crippen molar-refractivity contribution in [1.82, 2.24) is 9.97 Å². The van der Waals surface area contributed by atoms with E-state index >= 15 is 0 Å². The van der Waals surface area contributed by atoms with Crippen LogP contribution in [0.25, 0.3) is 0 Å². The number of aliphatic hydroxyl groups is 1. The number of ether oxygens (including phenoxy) is 1. The number of aliphatic hydroxyl groups excluding tert-OH is 1. The van der Waals surface area contributed by atoms with Crippen molar-refractivity contribution in [2.24, 2.45) is 0 Å². The second-order valence-electron chi connectivity index (χ2n) is 3.76. The van der Waals surface area contributed by atoms with E-state index in [4.69, 9.17) is 16.3 Å². The zero-order valence-corrected chi connectivity index (χ0v) is 9.81. The molecule has 0 bridgehead atoms. The number of piperidine rings is 1. The highest BCUT2D eigenvalue weighted by Crippen LogP contribution is 2.32. The number of hydrogen-bond donors (Lipinski definition) is 1. The fourth-order valence-electron chi connectivity index (χ4n) is 1.89. The molecule has 88 valence electrons. The largest absolute Gasteiger partial charge is 0.490 e. The Kier molecular flexibility index (Phi) is 3.46. The van der Waals surface area contributed by atoms with Crippen LogP contribution in [0.3, 0.4) is 0 Å². The van der Waals surface area contributed by atoms with Crippen LogP contribution in [-0.4, -0.2) is 41.4 Å². The number of rotatable bonds is 2. The molecule has 0 saturated carbocycles. The Morgan fingerprint density at radius 1 is 1.56 bits per heavy atom. The number of β-amino-alcohol motifs (C(OH)–C–C–N with tert-alkyl or cyclic N) is 1. The molecule has 1 aliphatic heterocycles. The molecule has 1 aromatic heterocycles. The summed E-state index contributed by atoms with van der Waals surface area (Å²) in [5.41, 5.74) is 0. The molecule has 0 radical (unpaired) electrons. The SMILES string of the molecule is COc1c(Cl)ncnc1N1CCCC(O)C1. The van der Waals surface area contributed by atoms with Crippen molar-refractivity contribution in [3.63, 3.8) is 0 Å². The number of halogens is 1. The van der Waals surface area contributed by atoms with Gasteiger partial charge in [0, 0.05) is 13.1 Å². The minimum absolute atomic E-state index is 0.299. The maximum atomic E-state index is 9.61. The van der Waals surface area contributed by atoms with Gasteiger partial charge in [-0.2, -0.15) is 0 Å². The van der Waals surface area contributed by atoms with E-state index in [1.54, 1.807) is 0 Å². The third-order valence-electron chi connectivity index (χ3n) is 2.64. The molecule has 2 rings (SSSR count). The average molecular weight is 244 g/mol. The summed E-state index contributed by atoms with van der Waals surface area (Å²) in [4.78, 5) is 10.0. The van der Waals surface area contributed by atoms with Crippen LogP contribution in [0.15, 0.2) is 6.33 Å². The number of anilines is 1. The summed E-state index contributed by atoms with van der Waals surface area (Å²) in [5, 5.41) is 9.91. The van der Waals surface area contributed by atoms with Crippen LogP contribution in [0.2, 0.25) is 5.15 Å². The minimum atomic E-state index is -0.313. The number of nitrogens with zero attached hydrogens (tertiary/aromatic N) is 3. The van der Waals surface area contributed by atoms with Crippen molar-refractivity contribution in [3.8, 4) is 5.75 Å². The van der Waals surface area contributed by atoms with Gasteiger partial charge < -0.3 is 14.7 Å². The van der Waals surface area contributed by atoms with E-state index < -0.39 is 0 Å². The van der Waals surface area contributed by atoms with E-state index in [9.17, 15) is 5.11 Å². The lowest BCUT2D eigenvalue weighted by Gasteiger charge is -2.31. The van der Waals surface area contributed by atoms with Crippen LogP contribution in [0, 0.1) is 0 Å². The van der Waals surface area contributed by atoms with Gasteiger partial charge in [-0.3, -0.25) is 0 Å². The molecule has 0 aliphatic carbocycles. The van der Waals surface area contributed by atoms with Gasteiger partial charge in [-0.05, 0) is 12.8 Å². The quantitative estimate of drug-likeness (QED) is 0.789. The molecule has 0 spiro atoms. The van der Waals surface area contributed by atoms with Crippen LogP contribution in [0.4, 0.5) is 5.82 Å². The molecular weight excluding hydrogens is 230 g/mol. The Hall–Kier alpha value is -1.07. The molecule has 1 aliphatic rings. The highest BCUT2D eigenvalue weighted by atomic mass is 35.5. The Balaban J connectivity index is 2.28. The van der Waals surface area contributed by atoms with Crippen molar-refractivity contribution >= 4 is 17.4 Å². The van der Waals surface area contributed by atoms with Crippen LogP contribution in [0.1, 0.15) is 12.8 Å². The summed E-state index contributed by atoms with van der Waals surface area (Å²) in [6, 6.07) is 0. The Morgan fingerprint density at radius 3 is 3.06 bits per heavy atom. The number of hydrogen-bond acceptors (Lipinski definition) is 5. The smallest absolute Gasteiger partial charge is 0.199 e. The molecule has 1 atom stereocenters. The van der Waals surface area contributed by atoms with Gasteiger partial charge in [0.2, 0.25) is 0 Å². The molecule has 1 aromatic rings. The average Bonchev–Trinajstić information content (AvgIpc) is 2.28. The summed E-state index contributed by atoms with van der Waals surface area (Å²) in [7, 11) is 1.54. The monoisotopic (exact) mass is 243 g/mol. The van der Waals surface area contributed by atoms with Gasteiger partial charge in [-0.1, -0.05) is 11.6 Å². The summed E-state index contributed by atoms with van der Waals surface area (Å²) >= 11 is 5.92. The fourth-order valence-corrected chi connectivity index (χ4v) is 2.10. The molecule has 1 unspecified atom stereocenters. The number of aromatic nitrogens is 2. The summed E-state index contributed by atoms with van der Waals surface area (Å²) in [5.74, 6) is 1.12. The molecular formula is C10H14ClN3O2. The van der Waals surface area contributed by atoms with Gasteiger partial charge in [0.1, 0.15) is 6.33 Å². The Labute approximate surface area is 99.0 Å². The van der Waals surface area contributed by atoms with Crippen LogP contribution in [-0.2, 0) is 0 Å². The maximum Gasteiger partial charge on any atom is 0.199 e. The summed E-state index contributed by atoms with van der Waals surface area (Å²) in [6.45, 7) is 1.41. The minimum Gasteiger partial charge on any atom is -0.490 e. The van der Waals surface area contributed by atoms with E-state index in [1.165, 1.54) is 13.4 Å². The molecule has 1 saturated heterocycles. The first-order chi connectivity index (χ1) is 7.72. The van der Waals surface area contributed by atoms with Gasteiger partial charge >= 0.3 is 0 Å². The number of methoxy groups -OCH3 is 1. The van der Waals surface area contributed by atoms with E-state index in [-0.39, 0.29) is 6.10 Å². The van der Waals surface area contributed by atoms with Crippen molar-refractivity contribution in [2.45, 2.75) is 18.9 Å². The van der Waals surface area contributed by atoms with Gasteiger partial charge in [-0.25, -0.2) is 9.97 Å². The standard InChI is InChI=1S/C10H14ClN3O2/c1-16-8-9(11)12-6-13-10(8)14-4-2-3-7(15)5-14/h6-7,15H,2-5H2,1H3. The van der Waals surface area contributed by atoms with E-state index in [1.807, 2.05) is 4.90 Å². The molecule has 0 amide bonds. The third kappa shape index (κ3) is 2.20. The van der Waals surface area contributed by atoms with E-state index in [2.05, 4.69) is 9.97 Å². The van der Waals surface area contributed by atoms with Crippen molar-refractivity contribution < 1.29 is 9.84 Å². The second kappa shape index (κ2) is 4.84. The first-order valence-corrected chi connectivity index (χ1v) is 5.57. The lowest BCUT2D eigenvalue weighted by molar-refractivity contribution is 0.153. The van der Waals surface area contributed by atoms with Gasteiger partial charge in [0.25, 0.3) is 0 Å². The zero-order chi connectivity index (χ0) is 11.5. The lowest BCUT2D eigenvalue weighted by Crippen LogP contribution is -2.38. The lowest BCUT2D eigenvalue weighted by atomic mass is 10.1. The highest BCUT2D eigenvalue weighted by molar-refractivity contribution is 6.31. The van der Waals surface area contributed by atoms with Gasteiger partial charge in [0.05, 0.1) is 13.2 Å². The molecule has 1 fully saturated rings. The second-order valence-corrected chi connectivity index (χ2v) is 4.12. The predicted molar refractivity (Wildman–Crippen MR) is 61.0 cm³/mol. The predicted octanol–water partition coefficient (Wildman–Crippen LogP) is 1.10. The Morgan fingerprint density at radius 2 is 2.38 bits per heavy atom. The maximum absolute atomic E-state index is 9.61. The molecule has 1 N–H and O–H groups in total. The van der Waals surface area contributed by atoms with Crippen LogP contribution < -0.4 is 9.64 Å². The highest BCUT2D eigenvalue weighted by Gasteiger charge is 2.23. The van der Waals surface area contributed by atoms with E-state index in [0.717, 1.165) is 19.4 Å². The fraction of sp³-hybridized carbons (Fsp3) is 0.600. The topological polar surface area (TPSA) is 58.5 Å². The summed E-state index contributed by atoms with van der Waals surface area (Å²) in [6.07, 6.45) is 2.86. The molecule has 0 aromatic carbocycles. The van der Waals surface area contributed by atoms with Gasteiger partial charge in [-0.15, -0.1) is 0 Å². The van der Waals surface area contributed by atoms with Crippen molar-refractivity contribution in [1.29, 1.82) is 0 Å². The third-order valence-corrected chi connectivity index (χ3v) is 2.91. The first kappa shape index (κ1) is 11.4. The van der Waals surface area contributed by atoms with Crippen molar-refractivity contribution in [3.05, 3.63) is 11.5 Å². The molecule has 5 nitrogen and oxygen atoms in total. The molecule has 2 heterocycles. The first-order valence-electron chi connectivity index (χ1n) is 5.20. The molecule has 16 heavy (non-hydrogen) atoms. The van der Waals surface area contributed by atoms with Crippen LogP contribution in [0.5, 0.6) is 5.75 Å².